The van der Waals surface area contributed by atoms with E-state index >= 15 is 0 Å². The molecule has 0 heterocycles. The Hall–Kier alpha value is -1.32. The van der Waals surface area contributed by atoms with Crippen molar-refractivity contribution < 1.29 is 17.6 Å². The summed E-state index contributed by atoms with van der Waals surface area (Å²) in [4.78, 5) is 0. The summed E-state index contributed by atoms with van der Waals surface area (Å²) in [5.74, 6) is -1.00. The van der Waals surface area contributed by atoms with Crippen LogP contribution in [-0.4, -0.2) is 6.67 Å². The summed E-state index contributed by atoms with van der Waals surface area (Å²) < 4.78 is 52.3. The molecule has 0 atom stereocenters. The number of alkyl halides is 1. The molecule has 162 valence electrons. The summed E-state index contributed by atoms with van der Waals surface area (Å²) in [6, 6.07) is 2.36. The van der Waals surface area contributed by atoms with E-state index in [2.05, 4.69) is 6.08 Å². The minimum absolute atomic E-state index is 0.151. The van der Waals surface area contributed by atoms with Crippen LogP contribution in [0.4, 0.5) is 17.6 Å². The highest BCUT2D eigenvalue weighted by molar-refractivity contribution is 5.23. The molecule has 0 N–H and O–H groups in total. The first-order valence-corrected chi connectivity index (χ1v) is 11.4. The minimum atomic E-state index is -1.37. The number of benzene rings is 1. The number of hydrogen-bond acceptors (Lipinski definition) is 0. The molecule has 0 bridgehead atoms. The Morgan fingerprint density at radius 1 is 0.759 bits per heavy atom. The van der Waals surface area contributed by atoms with Gasteiger partial charge in [0.2, 0.25) is 0 Å². The van der Waals surface area contributed by atoms with Crippen molar-refractivity contribution >= 4 is 0 Å². The van der Waals surface area contributed by atoms with E-state index in [4.69, 9.17) is 0 Å². The number of rotatable bonds is 8. The van der Waals surface area contributed by atoms with Gasteiger partial charge in [-0.05, 0) is 99.2 Å². The van der Waals surface area contributed by atoms with Crippen molar-refractivity contribution in [2.24, 2.45) is 17.8 Å². The first kappa shape index (κ1) is 22.4. The molecule has 2 aliphatic carbocycles. The molecule has 0 radical (unpaired) electrons. The molecule has 0 spiro atoms. The molecule has 2 fully saturated rings. The normalized spacial score (nSPS) is 28.1. The van der Waals surface area contributed by atoms with Crippen LogP contribution < -0.4 is 0 Å². The van der Waals surface area contributed by atoms with Crippen LogP contribution in [0.1, 0.15) is 88.5 Å². The minimum Gasteiger partial charge on any atom is -0.251 e. The molecule has 0 saturated heterocycles. The zero-order valence-corrected chi connectivity index (χ0v) is 17.3. The van der Waals surface area contributed by atoms with Crippen LogP contribution in [0.5, 0.6) is 0 Å². The Bertz CT molecular complexity index is 630. The zero-order valence-electron chi connectivity index (χ0n) is 17.3. The summed E-state index contributed by atoms with van der Waals surface area (Å²) in [6.45, 7) is -0.264. The molecule has 0 unspecified atom stereocenters. The second-order valence-electron chi connectivity index (χ2n) is 9.07. The fourth-order valence-corrected chi connectivity index (χ4v) is 5.51. The highest BCUT2D eigenvalue weighted by Gasteiger charge is 2.31. The van der Waals surface area contributed by atoms with E-state index in [1.807, 2.05) is 6.08 Å². The molecular weight excluding hydrogens is 376 g/mol. The highest BCUT2D eigenvalue weighted by Crippen LogP contribution is 2.44. The van der Waals surface area contributed by atoms with Crippen molar-refractivity contribution in [3.63, 3.8) is 0 Å². The van der Waals surface area contributed by atoms with Gasteiger partial charge < -0.3 is 0 Å². The average molecular weight is 411 g/mol. The third kappa shape index (κ3) is 6.33. The lowest BCUT2D eigenvalue weighted by atomic mass is 9.68. The van der Waals surface area contributed by atoms with Crippen molar-refractivity contribution in [3.8, 4) is 0 Å². The van der Waals surface area contributed by atoms with E-state index in [1.54, 1.807) is 0 Å². The third-order valence-corrected chi connectivity index (χ3v) is 7.23. The van der Waals surface area contributed by atoms with Gasteiger partial charge >= 0.3 is 0 Å². The molecule has 2 saturated carbocycles. The average Bonchev–Trinajstić information content (AvgIpc) is 2.75. The van der Waals surface area contributed by atoms with Crippen molar-refractivity contribution in [2.75, 3.05) is 6.67 Å². The fraction of sp³-hybridized carbons (Fsp3) is 0.680. The van der Waals surface area contributed by atoms with Crippen molar-refractivity contribution in [2.45, 2.75) is 83.0 Å². The monoisotopic (exact) mass is 410 g/mol. The van der Waals surface area contributed by atoms with Gasteiger partial charge in [0.05, 0.1) is 6.67 Å². The van der Waals surface area contributed by atoms with Crippen LogP contribution in [0, 0.1) is 35.2 Å². The van der Waals surface area contributed by atoms with Crippen LogP contribution >= 0.6 is 0 Å². The van der Waals surface area contributed by atoms with Crippen LogP contribution in [0.3, 0.4) is 0 Å². The molecule has 4 heteroatoms. The number of hydrogen-bond donors (Lipinski definition) is 0. The van der Waals surface area contributed by atoms with E-state index in [9.17, 15) is 17.6 Å². The molecule has 1 aromatic rings. The largest absolute Gasteiger partial charge is 0.251 e. The zero-order chi connectivity index (χ0) is 20.6. The van der Waals surface area contributed by atoms with E-state index in [0.717, 1.165) is 49.9 Å². The number of unbranched alkanes of at least 4 members (excludes halogenated alkanes) is 1. The van der Waals surface area contributed by atoms with Gasteiger partial charge in [0.25, 0.3) is 0 Å². The van der Waals surface area contributed by atoms with Crippen molar-refractivity contribution in [1.82, 2.24) is 0 Å². The lowest BCUT2D eigenvalue weighted by Gasteiger charge is -2.38. The molecule has 2 aliphatic rings. The maximum atomic E-state index is 13.5. The quantitative estimate of drug-likeness (QED) is 0.175. The van der Waals surface area contributed by atoms with Crippen LogP contribution in [0.25, 0.3) is 0 Å². The van der Waals surface area contributed by atoms with E-state index in [1.165, 1.54) is 50.7 Å². The molecule has 1 aromatic carbocycles. The maximum absolute atomic E-state index is 13.5. The smallest absolute Gasteiger partial charge is 0.194 e. The summed E-state index contributed by atoms with van der Waals surface area (Å²) in [5.41, 5.74) is 0.615. The number of allylic oxidation sites excluding steroid dienone is 2. The van der Waals surface area contributed by atoms with Crippen LogP contribution in [-0.2, 0) is 0 Å². The molecule has 0 amide bonds. The predicted molar refractivity (Wildman–Crippen MR) is 110 cm³/mol. The Labute approximate surface area is 172 Å². The van der Waals surface area contributed by atoms with Gasteiger partial charge in [0.1, 0.15) is 0 Å². The molecule has 0 aliphatic heterocycles. The van der Waals surface area contributed by atoms with Gasteiger partial charge in [-0.2, -0.15) is 0 Å². The highest BCUT2D eigenvalue weighted by atomic mass is 19.2. The Morgan fingerprint density at radius 3 is 1.90 bits per heavy atom. The first-order chi connectivity index (χ1) is 14.1. The molecule has 3 rings (SSSR count). The second-order valence-corrected chi connectivity index (χ2v) is 9.07. The van der Waals surface area contributed by atoms with Crippen LogP contribution in [0.2, 0.25) is 0 Å². The van der Waals surface area contributed by atoms with Crippen molar-refractivity contribution in [3.05, 3.63) is 47.3 Å². The van der Waals surface area contributed by atoms with Crippen molar-refractivity contribution in [1.29, 1.82) is 0 Å². The Kier molecular flexibility index (Phi) is 8.62. The summed E-state index contributed by atoms with van der Waals surface area (Å²) in [6.07, 6.45) is 17.5. The molecule has 29 heavy (non-hydrogen) atoms. The summed E-state index contributed by atoms with van der Waals surface area (Å²) in [7, 11) is 0. The fourth-order valence-electron chi connectivity index (χ4n) is 5.51. The lowest BCUT2D eigenvalue weighted by Crippen LogP contribution is -2.25. The standard InChI is InChI=1S/C25H34F4/c26-15-5-3-1-2-4-6-18-7-9-19(10-8-18)20-11-13-21(14-12-20)22-16-23(27)25(29)24(28)17-22/h1,3,16-21H,2,4-15H2/b3-1+. The van der Waals surface area contributed by atoms with Gasteiger partial charge in [-0.1, -0.05) is 31.4 Å². The molecule has 0 nitrogen and oxygen atoms in total. The summed E-state index contributed by atoms with van der Waals surface area (Å²) in [5, 5.41) is 0. The van der Waals surface area contributed by atoms with Gasteiger partial charge in [0, 0.05) is 0 Å². The third-order valence-electron chi connectivity index (χ3n) is 7.23. The van der Waals surface area contributed by atoms with Crippen LogP contribution in [0.15, 0.2) is 24.3 Å². The lowest BCUT2D eigenvalue weighted by molar-refractivity contribution is 0.156. The predicted octanol–water partition coefficient (Wildman–Crippen LogP) is 8.27. The van der Waals surface area contributed by atoms with Gasteiger partial charge in [0.15, 0.2) is 17.5 Å². The van der Waals surface area contributed by atoms with Gasteiger partial charge in [-0.25, -0.2) is 13.2 Å². The molecular formula is C25H34F4. The second kappa shape index (κ2) is 11.2. The Morgan fingerprint density at radius 2 is 1.31 bits per heavy atom. The number of halogens is 4. The first-order valence-electron chi connectivity index (χ1n) is 11.4. The summed E-state index contributed by atoms with van der Waals surface area (Å²) >= 11 is 0. The molecule has 0 aromatic heterocycles. The van der Waals surface area contributed by atoms with E-state index in [0.29, 0.717) is 12.0 Å². The van der Waals surface area contributed by atoms with Gasteiger partial charge in [-0.3, -0.25) is 4.39 Å². The topological polar surface area (TPSA) is 0 Å². The van der Waals surface area contributed by atoms with Gasteiger partial charge in [-0.15, -0.1) is 0 Å². The SMILES string of the molecule is FCC/C=C/CCCC1CCC(C2CCC(c3cc(F)c(F)c(F)c3)CC2)CC1. The maximum Gasteiger partial charge on any atom is 0.194 e. The van der Waals surface area contributed by atoms with E-state index in [-0.39, 0.29) is 12.6 Å². The Balaban J connectivity index is 1.38. The van der Waals surface area contributed by atoms with E-state index < -0.39 is 17.5 Å².